The Hall–Kier alpha value is -1.70. The Morgan fingerprint density at radius 2 is 2.00 bits per heavy atom. The summed E-state index contributed by atoms with van der Waals surface area (Å²) in [4.78, 5) is 4.15. The van der Waals surface area contributed by atoms with E-state index in [1.165, 1.54) is 11.1 Å². The number of rotatable bonds is 2. The molecular formula is C13H15N2+. The minimum Gasteiger partial charge on any atom is -0.264 e. The lowest BCUT2D eigenvalue weighted by atomic mass is 9.96. The predicted octanol–water partition coefficient (Wildman–Crippen LogP) is 2.06. The van der Waals surface area contributed by atoms with Crippen LogP contribution in [0.5, 0.6) is 0 Å². The summed E-state index contributed by atoms with van der Waals surface area (Å²) >= 11 is 0. The Morgan fingerprint density at radius 3 is 2.67 bits per heavy atom. The van der Waals surface area contributed by atoms with Gasteiger partial charge in [-0.3, -0.25) is 4.98 Å². The zero-order valence-electron chi connectivity index (χ0n) is 9.09. The van der Waals surface area contributed by atoms with Gasteiger partial charge in [0.05, 0.1) is 0 Å². The fourth-order valence-electron chi connectivity index (χ4n) is 1.69. The van der Waals surface area contributed by atoms with Crippen molar-refractivity contribution < 1.29 is 4.57 Å². The maximum atomic E-state index is 4.15. The molecule has 1 unspecified atom stereocenters. The van der Waals surface area contributed by atoms with Crippen molar-refractivity contribution in [2.24, 2.45) is 7.05 Å². The second-order valence-corrected chi connectivity index (χ2v) is 3.81. The van der Waals surface area contributed by atoms with Gasteiger partial charge >= 0.3 is 0 Å². The van der Waals surface area contributed by atoms with Crippen molar-refractivity contribution in [3.05, 3.63) is 60.2 Å². The van der Waals surface area contributed by atoms with Crippen molar-refractivity contribution in [3.63, 3.8) is 0 Å². The van der Waals surface area contributed by atoms with Crippen LogP contribution in [0.1, 0.15) is 24.0 Å². The summed E-state index contributed by atoms with van der Waals surface area (Å²) in [7, 11) is 2.04. The van der Waals surface area contributed by atoms with Gasteiger partial charge in [-0.15, -0.1) is 0 Å². The fraction of sp³-hybridized carbons (Fsp3) is 0.231. The Bertz CT molecular complexity index is 437. The third-order valence-electron chi connectivity index (χ3n) is 2.65. The molecule has 2 aromatic heterocycles. The molecule has 0 amide bonds. The van der Waals surface area contributed by atoms with Crippen molar-refractivity contribution in [1.82, 2.24) is 4.98 Å². The van der Waals surface area contributed by atoms with Gasteiger partial charge in [0.25, 0.3) is 0 Å². The second kappa shape index (κ2) is 4.22. The minimum atomic E-state index is 0.395. The third kappa shape index (κ3) is 2.21. The maximum absolute atomic E-state index is 4.15. The van der Waals surface area contributed by atoms with E-state index in [1.807, 2.05) is 25.5 Å². The summed E-state index contributed by atoms with van der Waals surface area (Å²) in [5.41, 5.74) is 2.57. The molecule has 76 valence electrons. The van der Waals surface area contributed by atoms with Crippen LogP contribution in [0, 0.1) is 0 Å². The number of aromatic nitrogens is 2. The molecule has 0 fully saturated rings. The van der Waals surface area contributed by atoms with Gasteiger partial charge in [-0.05, 0) is 17.7 Å². The Balaban J connectivity index is 2.32. The number of aryl methyl sites for hydroxylation is 1. The highest BCUT2D eigenvalue weighted by Gasteiger charge is 2.10. The summed E-state index contributed by atoms with van der Waals surface area (Å²) in [6.07, 6.45) is 7.93. The SMILES string of the molecule is CC(c1cccnc1)c1ccc[n+](C)c1. The first-order valence-corrected chi connectivity index (χ1v) is 5.12. The molecule has 0 saturated carbocycles. The number of nitrogens with zero attached hydrogens (tertiary/aromatic N) is 2. The third-order valence-corrected chi connectivity index (χ3v) is 2.65. The van der Waals surface area contributed by atoms with E-state index in [0.29, 0.717) is 5.92 Å². The normalized spacial score (nSPS) is 12.4. The molecule has 0 radical (unpaired) electrons. The van der Waals surface area contributed by atoms with Crippen molar-refractivity contribution in [3.8, 4) is 0 Å². The molecule has 0 aliphatic carbocycles. The van der Waals surface area contributed by atoms with Crippen LogP contribution in [0.25, 0.3) is 0 Å². The summed E-state index contributed by atoms with van der Waals surface area (Å²) in [5.74, 6) is 0.395. The molecule has 2 aromatic rings. The molecule has 0 saturated heterocycles. The fourth-order valence-corrected chi connectivity index (χ4v) is 1.69. The van der Waals surface area contributed by atoms with Gasteiger partial charge in [-0.2, -0.15) is 0 Å². The quantitative estimate of drug-likeness (QED) is 0.676. The van der Waals surface area contributed by atoms with Crippen molar-refractivity contribution in [2.75, 3.05) is 0 Å². The Labute approximate surface area is 90.2 Å². The largest absolute Gasteiger partial charge is 0.264 e. The average Bonchev–Trinajstić information content (AvgIpc) is 2.29. The van der Waals surface area contributed by atoms with E-state index in [1.54, 1.807) is 6.20 Å². The minimum absolute atomic E-state index is 0.395. The summed E-state index contributed by atoms with van der Waals surface area (Å²) in [6.45, 7) is 2.20. The highest BCUT2D eigenvalue weighted by molar-refractivity contribution is 5.26. The zero-order chi connectivity index (χ0) is 10.7. The second-order valence-electron chi connectivity index (χ2n) is 3.81. The monoisotopic (exact) mass is 199 g/mol. The molecule has 2 rings (SSSR count). The highest BCUT2D eigenvalue weighted by Crippen LogP contribution is 2.21. The van der Waals surface area contributed by atoms with E-state index in [-0.39, 0.29) is 0 Å². The molecule has 15 heavy (non-hydrogen) atoms. The van der Waals surface area contributed by atoms with E-state index >= 15 is 0 Å². The van der Waals surface area contributed by atoms with Crippen LogP contribution < -0.4 is 4.57 Å². The Kier molecular flexibility index (Phi) is 2.77. The smallest absolute Gasteiger partial charge is 0.172 e. The van der Waals surface area contributed by atoms with Gasteiger partial charge in [0.2, 0.25) is 0 Å². The van der Waals surface area contributed by atoms with Gasteiger partial charge < -0.3 is 0 Å². The van der Waals surface area contributed by atoms with Gasteiger partial charge in [0, 0.05) is 29.9 Å². The lowest BCUT2D eigenvalue weighted by molar-refractivity contribution is -0.672. The highest BCUT2D eigenvalue weighted by atomic mass is 14.9. The van der Waals surface area contributed by atoms with Crippen molar-refractivity contribution in [1.29, 1.82) is 0 Å². The lowest BCUT2D eigenvalue weighted by Gasteiger charge is -2.09. The number of pyridine rings is 2. The van der Waals surface area contributed by atoms with Gasteiger partial charge in [-0.1, -0.05) is 13.0 Å². The Morgan fingerprint density at radius 1 is 1.20 bits per heavy atom. The molecule has 1 atom stereocenters. The molecule has 0 N–H and O–H groups in total. The van der Waals surface area contributed by atoms with Crippen LogP contribution in [0.3, 0.4) is 0 Å². The molecule has 0 aliphatic heterocycles. The van der Waals surface area contributed by atoms with Crippen molar-refractivity contribution >= 4 is 0 Å². The maximum Gasteiger partial charge on any atom is 0.172 e. The van der Waals surface area contributed by atoms with Crippen LogP contribution in [0.15, 0.2) is 49.1 Å². The molecule has 2 heterocycles. The van der Waals surface area contributed by atoms with Crippen LogP contribution >= 0.6 is 0 Å². The molecule has 0 spiro atoms. The van der Waals surface area contributed by atoms with Gasteiger partial charge in [-0.25, -0.2) is 4.57 Å². The van der Waals surface area contributed by atoms with E-state index in [4.69, 9.17) is 0 Å². The molecule has 2 nitrogen and oxygen atoms in total. The first-order chi connectivity index (χ1) is 7.27. The van der Waals surface area contributed by atoms with Gasteiger partial charge in [0.1, 0.15) is 7.05 Å². The molecule has 2 heteroatoms. The van der Waals surface area contributed by atoms with E-state index in [0.717, 1.165) is 0 Å². The van der Waals surface area contributed by atoms with E-state index in [9.17, 15) is 0 Å². The van der Waals surface area contributed by atoms with E-state index < -0.39 is 0 Å². The molecular weight excluding hydrogens is 184 g/mol. The van der Waals surface area contributed by atoms with Crippen LogP contribution in [-0.2, 0) is 7.05 Å². The van der Waals surface area contributed by atoms with E-state index in [2.05, 4.69) is 40.9 Å². The summed E-state index contributed by atoms with van der Waals surface area (Å²) in [6, 6.07) is 8.32. The molecule has 0 aliphatic rings. The topological polar surface area (TPSA) is 16.8 Å². The average molecular weight is 199 g/mol. The first kappa shape index (κ1) is 9.84. The van der Waals surface area contributed by atoms with Crippen LogP contribution in [0.4, 0.5) is 0 Å². The number of hydrogen-bond donors (Lipinski definition) is 0. The summed E-state index contributed by atoms with van der Waals surface area (Å²) in [5, 5.41) is 0. The van der Waals surface area contributed by atoms with Crippen LogP contribution in [-0.4, -0.2) is 4.98 Å². The first-order valence-electron chi connectivity index (χ1n) is 5.12. The number of hydrogen-bond acceptors (Lipinski definition) is 1. The molecule has 0 aromatic carbocycles. The van der Waals surface area contributed by atoms with Gasteiger partial charge in [0.15, 0.2) is 12.4 Å². The molecule has 0 bridgehead atoms. The standard InChI is InChI=1S/C13H15N2/c1-11(12-5-3-7-14-9-12)13-6-4-8-15(2)10-13/h3-11H,1-2H3/q+1. The predicted molar refractivity (Wildman–Crippen MR) is 59.4 cm³/mol. The lowest BCUT2D eigenvalue weighted by Crippen LogP contribution is -2.27. The van der Waals surface area contributed by atoms with Crippen LogP contribution in [0.2, 0.25) is 0 Å². The van der Waals surface area contributed by atoms with Crippen molar-refractivity contribution in [2.45, 2.75) is 12.8 Å². The summed E-state index contributed by atoms with van der Waals surface area (Å²) < 4.78 is 2.07. The zero-order valence-corrected chi connectivity index (χ0v) is 9.09.